The Balaban J connectivity index is 2.84. The second kappa shape index (κ2) is 5.56. The van der Waals surface area contributed by atoms with Crippen molar-refractivity contribution in [2.24, 2.45) is 0 Å². The molecule has 3 nitrogen and oxygen atoms in total. The van der Waals surface area contributed by atoms with Crippen LogP contribution < -0.4 is 4.74 Å². The molecule has 0 aromatic heterocycles. The number of carbonyl (C=O) groups is 1. The Labute approximate surface area is 96.8 Å². The molecular weight excluding hydrogens is 260 g/mol. The van der Waals surface area contributed by atoms with E-state index in [1.54, 1.807) is 13.2 Å². The molecular formula is C11H11BrO3. The SMILES string of the molecule is COC(=O)/C(Br)=C/c1ccc(OC)cc1. The van der Waals surface area contributed by atoms with Crippen molar-refractivity contribution in [1.82, 2.24) is 0 Å². The molecule has 15 heavy (non-hydrogen) atoms. The Bertz CT molecular complexity index is 368. The molecule has 0 aliphatic carbocycles. The van der Waals surface area contributed by atoms with E-state index in [4.69, 9.17) is 4.74 Å². The number of rotatable bonds is 3. The number of carbonyl (C=O) groups excluding carboxylic acids is 1. The fraction of sp³-hybridized carbons (Fsp3) is 0.182. The molecule has 0 amide bonds. The van der Waals surface area contributed by atoms with E-state index >= 15 is 0 Å². The van der Waals surface area contributed by atoms with E-state index in [1.165, 1.54) is 7.11 Å². The predicted octanol–water partition coefficient (Wildman–Crippen LogP) is 2.60. The lowest BCUT2D eigenvalue weighted by molar-refractivity contribution is -0.135. The summed E-state index contributed by atoms with van der Waals surface area (Å²) in [7, 11) is 2.95. The lowest BCUT2D eigenvalue weighted by Crippen LogP contribution is -1.98. The normalized spacial score (nSPS) is 11.0. The maximum Gasteiger partial charge on any atom is 0.344 e. The monoisotopic (exact) mass is 270 g/mol. The van der Waals surface area contributed by atoms with Crippen LogP contribution in [0.1, 0.15) is 5.56 Å². The zero-order chi connectivity index (χ0) is 11.3. The van der Waals surface area contributed by atoms with Gasteiger partial charge in [-0.3, -0.25) is 0 Å². The van der Waals surface area contributed by atoms with E-state index in [1.807, 2.05) is 24.3 Å². The van der Waals surface area contributed by atoms with E-state index in [0.29, 0.717) is 4.48 Å². The van der Waals surface area contributed by atoms with Crippen molar-refractivity contribution in [3.63, 3.8) is 0 Å². The average Bonchev–Trinajstić information content (AvgIpc) is 2.29. The van der Waals surface area contributed by atoms with Crippen LogP contribution in [0.5, 0.6) is 5.75 Å². The van der Waals surface area contributed by atoms with Crippen molar-refractivity contribution in [3.8, 4) is 5.75 Å². The van der Waals surface area contributed by atoms with Gasteiger partial charge < -0.3 is 9.47 Å². The van der Waals surface area contributed by atoms with Crippen LogP contribution in [0.2, 0.25) is 0 Å². The van der Waals surface area contributed by atoms with E-state index in [9.17, 15) is 4.79 Å². The fourth-order valence-corrected chi connectivity index (χ4v) is 1.43. The number of hydrogen-bond acceptors (Lipinski definition) is 3. The van der Waals surface area contributed by atoms with Gasteiger partial charge in [-0.15, -0.1) is 0 Å². The second-order valence-corrected chi connectivity index (χ2v) is 3.61. The quantitative estimate of drug-likeness (QED) is 0.626. The van der Waals surface area contributed by atoms with Gasteiger partial charge in [-0.05, 0) is 39.7 Å². The van der Waals surface area contributed by atoms with E-state index < -0.39 is 5.97 Å². The first kappa shape index (κ1) is 11.8. The minimum Gasteiger partial charge on any atom is -0.497 e. The summed E-state index contributed by atoms with van der Waals surface area (Å²) < 4.78 is 9.95. The summed E-state index contributed by atoms with van der Waals surface area (Å²) in [4.78, 5) is 11.1. The molecule has 0 aliphatic rings. The molecule has 0 fully saturated rings. The Kier molecular flexibility index (Phi) is 4.37. The molecule has 0 aliphatic heterocycles. The highest BCUT2D eigenvalue weighted by molar-refractivity contribution is 9.12. The topological polar surface area (TPSA) is 35.5 Å². The highest BCUT2D eigenvalue weighted by Crippen LogP contribution is 2.16. The largest absolute Gasteiger partial charge is 0.497 e. The molecule has 1 aromatic carbocycles. The number of esters is 1. The summed E-state index contributed by atoms with van der Waals surface area (Å²) >= 11 is 3.13. The molecule has 0 N–H and O–H groups in total. The van der Waals surface area contributed by atoms with E-state index in [2.05, 4.69) is 20.7 Å². The summed E-state index contributed by atoms with van der Waals surface area (Å²) in [6.07, 6.45) is 1.69. The standard InChI is InChI=1S/C11H11BrO3/c1-14-9-5-3-8(4-6-9)7-10(12)11(13)15-2/h3-7H,1-2H3/b10-7-. The van der Waals surface area contributed by atoms with Crippen molar-refractivity contribution < 1.29 is 14.3 Å². The van der Waals surface area contributed by atoms with Crippen LogP contribution in [0, 0.1) is 0 Å². The van der Waals surface area contributed by atoms with Crippen molar-refractivity contribution in [2.45, 2.75) is 0 Å². The summed E-state index contributed by atoms with van der Waals surface area (Å²) in [5, 5.41) is 0. The molecule has 1 rings (SSSR count). The number of ether oxygens (including phenoxy) is 2. The zero-order valence-electron chi connectivity index (χ0n) is 8.49. The lowest BCUT2D eigenvalue weighted by Gasteiger charge is -2.00. The molecule has 0 bridgehead atoms. The van der Waals surface area contributed by atoms with Gasteiger partial charge >= 0.3 is 5.97 Å². The third kappa shape index (κ3) is 3.40. The summed E-state index contributed by atoms with van der Waals surface area (Å²) in [5.74, 6) is 0.382. The Morgan fingerprint density at radius 2 is 1.87 bits per heavy atom. The van der Waals surface area contributed by atoms with Crippen LogP contribution in [0.4, 0.5) is 0 Å². The maximum absolute atomic E-state index is 11.1. The third-order valence-electron chi connectivity index (χ3n) is 1.79. The van der Waals surface area contributed by atoms with Crippen molar-refractivity contribution in [1.29, 1.82) is 0 Å². The predicted molar refractivity (Wildman–Crippen MR) is 61.9 cm³/mol. The zero-order valence-corrected chi connectivity index (χ0v) is 10.1. The molecule has 0 spiro atoms. The first-order chi connectivity index (χ1) is 7.17. The first-order valence-corrected chi connectivity index (χ1v) is 5.06. The first-order valence-electron chi connectivity index (χ1n) is 4.27. The fourth-order valence-electron chi connectivity index (χ4n) is 1.00. The minimum absolute atomic E-state index is 0.384. The number of benzene rings is 1. The van der Waals surface area contributed by atoms with Gasteiger partial charge in [0.1, 0.15) is 10.2 Å². The molecule has 0 unspecified atom stereocenters. The highest BCUT2D eigenvalue weighted by Gasteiger charge is 2.04. The number of halogens is 1. The Morgan fingerprint density at radius 3 is 2.33 bits per heavy atom. The molecule has 0 atom stereocenters. The van der Waals surface area contributed by atoms with Crippen LogP contribution in [-0.2, 0) is 9.53 Å². The summed E-state index contributed by atoms with van der Waals surface area (Å²) in [6.45, 7) is 0. The molecule has 4 heteroatoms. The molecule has 0 saturated carbocycles. The smallest absolute Gasteiger partial charge is 0.344 e. The van der Waals surface area contributed by atoms with Gasteiger partial charge in [0.2, 0.25) is 0 Å². The van der Waals surface area contributed by atoms with Gasteiger partial charge in [0.25, 0.3) is 0 Å². The van der Waals surface area contributed by atoms with Gasteiger partial charge in [0.15, 0.2) is 0 Å². The molecule has 80 valence electrons. The van der Waals surface area contributed by atoms with Crippen molar-refractivity contribution in [3.05, 3.63) is 34.3 Å². The van der Waals surface area contributed by atoms with Gasteiger partial charge in [0.05, 0.1) is 14.2 Å². The van der Waals surface area contributed by atoms with Crippen LogP contribution in [-0.4, -0.2) is 20.2 Å². The van der Waals surface area contributed by atoms with Crippen LogP contribution in [0.15, 0.2) is 28.7 Å². The van der Waals surface area contributed by atoms with Gasteiger partial charge in [-0.2, -0.15) is 0 Å². The average molecular weight is 271 g/mol. The van der Waals surface area contributed by atoms with Gasteiger partial charge in [-0.1, -0.05) is 12.1 Å². The second-order valence-electron chi connectivity index (χ2n) is 2.76. The van der Waals surface area contributed by atoms with E-state index in [-0.39, 0.29) is 0 Å². The van der Waals surface area contributed by atoms with E-state index in [0.717, 1.165) is 11.3 Å². The summed E-state index contributed by atoms with van der Waals surface area (Å²) in [5.41, 5.74) is 0.896. The molecule has 0 saturated heterocycles. The van der Waals surface area contributed by atoms with Gasteiger partial charge in [0, 0.05) is 0 Å². The summed E-state index contributed by atoms with van der Waals surface area (Å²) in [6, 6.07) is 7.35. The molecule has 1 aromatic rings. The number of hydrogen-bond donors (Lipinski definition) is 0. The molecule has 0 radical (unpaired) electrons. The maximum atomic E-state index is 11.1. The minimum atomic E-state index is -0.397. The Morgan fingerprint density at radius 1 is 1.27 bits per heavy atom. The van der Waals surface area contributed by atoms with Gasteiger partial charge in [-0.25, -0.2) is 4.79 Å². The highest BCUT2D eigenvalue weighted by atomic mass is 79.9. The lowest BCUT2D eigenvalue weighted by atomic mass is 10.2. The van der Waals surface area contributed by atoms with Crippen LogP contribution >= 0.6 is 15.9 Å². The number of methoxy groups -OCH3 is 2. The Hall–Kier alpha value is -1.29. The molecule has 0 heterocycles. The van der Waals surface area contributed by atoms with Crippen molar-refractivity contribution >= 4 is 28.0 Å². The third-order valence-corrected chi connectivity index (χ3v) is 2.34. The van der Waals surface area contributed by atoms with Crippen molar-refractivity contribution in [2.75, 3.05) is 14.2 Å². The van der Waals surface area contributed by atoms with Crippen LogP contribution in [0.25, 0.3) is 6.08 Å². The van der Waals surface area contributed by atoms with Crippen LogP contribution in [0.3, 0.4) is 0 Å².